The van der Waals surface area contributed by atoms with Crippen LogP contribution in [-0.2, 0) is 10.8 Å². The highest BCUT2D eigenvalue weighted by molar-refractivity contribution is 8.01. The third kappa shape index (κ3) is 8.26. The number of rotatable bonds is 9. The first kappa shape index (κ1) is 27.6. The first-order chi connectivity index (χ1) is 13.5. The average Bonchev–Trinajstić information content (AvgIpc) is 2.49. The monoisotopic (exact) mass is 450 g/mol. The van der Waals surface area contributed by atoms with Gasteiger partial charge in [-0.3, -0.25) is 0 Å². The standard InChI is InChI=1S/C27H50OSSi/c1-19(2)15-30(16-20(3)4,17-21(5)6)18-29-22-13-23(26(7,8)9)25(28)24(14-22)27(10,11)12/h13-14,19-21,28H,15-18H2,1-12H3. The van der Waals surface area contributed by atoms with E-state index in [4.69, 9.17) is 0 Å². The summed E-state index contributed by atoms with van der Waals surface area (Å²) in [6.45, 7) is 27.7. The Hall–Kier alpha value is -0.413. The SMILES string of the molecule is CC(C)C[Si](CSc1cc(C(C)(C)C)c(O)c(C(C)(C)C)c1)(CC(C)C)CC(C)C. The minimum absolute atomic E-state index is 0.0665. The quantitative estimate of drug-likeness (QED) is 0.299. The van der Waals surface area contributed by atoms with E-state index in [1.807, 2.05) is 0 Å². The van der Waals surface area contributed by atoms with Gasteiger partial charge in [0.2, 0.25) is 0 Å². The number of hydrogen-bond donors (Lipinski definition) is 1. The van der Waals surface area contributed by atoms with Crippen molar-refractivity contribution in [2.75, 3.05) is 5.38 Å². The van der Waals surface area contributed by atoms with Crippen molar-refractivity contribution >= 4 is 19.8 Å². The fourth-order valence-corrected chi connectivity index (χ4v) is 14.5. The molecule has 0 unspecified atom stereocenters. The Labute approximate surface area is 193 Å². The fourth-order valence-electron chi connectivity index (χ4n) is 5.10. The smallest absolute Gasteiger partial charge is 0.123 e. The van der Waals surface area contributed by atoms with Crippen LogP contribution >= 0.6 is 11.8 Å². The molecular formula is C27H50OSSi. The minimum atomic E-state index is -1.41. The summed E-state index contributed by atoms with van der Waals surface area (Å²) in [7, 11) is -1.41. The number of thioether (sulfide) groups is 1. The highest BCUT2D eigenvalue weighted by atomic mass is 32.2. The lowest BCUT2D eigenvalue weighted by atomic mass is 9.79. The molecule has 0 heterocycles. The van der Waals surface area contributed by atoms with Crippen molar-refractivity contribution in [2.45, 2.75) is 117 Å². The van der Waals surface area contributed by atoms with Crippen LogP contribution < -0.4 is 0 Å². The zero-order chi connectivity index (χ0) is 23.5. The highest BCUT2D eigenvalue weighted by Crippen LogP contribution is 2.43. The summed E-state index contributed by atoms with van der Waals surface area (Å²) < 4.78 is 0. The normalized spacial score (nSPS) is 13.7. The third-order valence-corrected chi connectivity index (χ3v) is 14.4. The number of phenols is 1. The van der Waals surface area contributed by atoms with Crippen molar-refractivity contribution in [1.82, 2.24) is 0 Å². The van der Waals surface area contributed by atoms with Crippen molar-refractivity contribution in [3.8, 4) is 5.75 Å². The van der Waals surface area contributed by atoms with Crippen molar-refractivity contribution in [3.63, 3.8) is 0 Å². The Morgan fingerprint density at radius 3 is 1.33 bits per heavy atom. The first-order valence-electron chi connectivity index (χ1n) is 12.0. The molecule has 0 radical (unpaired) electrons. The second-order valence-corrected chi connectivity index (χ2v) is 19.1. The van der Waals surface area contributed by atoms with Gasteiger partial charge in [-0.15, -0.1) is 11.8 Å². The molecule has 0 saturated carbocycles. The zero-order valence-electron chi connectivity index (χ0n) is 22.1. The van der Waals surface area contributed by atoms with Gasteiger partial charge < -0.3 is 5.11 Å². The Morgan fingerprint density at radius 2 is 1.07 bits per heavy atom. The van der Waals surface area contributed by atoms with Gasteiger partial charge in [-0.2, -0.15) is 0 Å². The molecule has 0 atom stereocenters. The summed E-state index contributed by atoms with van der Waals surface area (Å²) in [5.74, 6) is 2.80. The lowest BCUT2D eigenvalue weighted by Gasteiger charge is -2.37. The van der Waals surface area contributed by atoms with E-state index in [0.717, 1.165) is 28.9 Å². The van der Waals surface area contributed by atoms with Crippen LogP contribution in [0.5, 0.6) is 5.75 Å². The largest absolute Gasteiger partial charge is 0.507 e. The van der Waals surface area contributed by atoms with E-state index in [0.29, 0.717) is 5.75 Å². The summed E-state index contributed by atoms with van der Waals surface area (Å²) >= 11 is 2.07. The third-order valence-electron chi connectivity index (χ3n) is 5.77. The molecule has 0 aliphatic carbocycles. The molecule has 174 valence electrons. The second-order valence-electron chi connectivity index (χ2n) is 12.9. The lowest BCUT2D eigenvalue weighted by Crippen LogP contribution is -2.41. The predicted molar refractivity (Wildman–Crippen MR) is 141 cm³/mol. The molecule has 0 saturated heterocycles. The van der Waals surface area contributed by atoms with E-state index in [2.05, 4.69) is 107 Å². The van der Waals surface area contributed by atoms with Crippen LogP contribution in [0.2, 0.25) is 18.1 Å². The number of aromatic hydroxyl groups is 1. The maximum atomic E-state index is 11.1. The molecule has 0 amide bonds. The van der Waals surface area contributed by atoms with Crippen molar-refractivity contribution in [2.24, 2.45) is 17.8 Å². The van der Waals surface area contributed by atoms with Crippen LogP contribution in [0.1, 0.15) is 94.2 Å². The molecule has 0 fully saturated rings. The molecule has 1 N–H and O–H groups in total. The fraction of sp³-hybridized carbons (Fsp3) is 0.778. The van der Waals surface area contributed by atoms with Crippen LogP contribution in [0.3, 0.4) is 0 Å². The summed E-state index contributed by atoms with van der Waals surface area (Å²) in [6, 6.07) is 8.81. The summed E-state index contributed by atoms with van der Waals surface area (Å²) in [5.41, 5.74) is 2.04. The van der Waals surface area contributed by atoms with Gasteiger partial charge in [0.1, 0.15) is 5.75 Å². The molecule has 1 aromatic rings. The van der Waals surface area contributed by atoms with Gasteiger partial charge in [0.15, 0.2) is 0 Å². The number of phenolic OH excluding ortho intramolecular Hbond substituents is 1. The zero-order valence-corrected chi connectivity index (χ0v) is 23.9. The highest BCUT2D eigenvalue weighted by Gasteiger charge is 2.35. The first-order valence-corrected chi connectivity index (χ1v) is 15.8. The van der Waals surface area contributed by atoms with Crippen molar-refractivity contribution < 1.29 is 5.11 Å². The Bertz CT molecular complexity index is 616. The maximum absolute atomic E-state index is 11.1. The van der Waals surface area contributed by atoms with Gasteiger partial charge in [0.05, 0.1) is 8.07 Å². The topological polar surface area (TPSA) is 20.2 Å². The summed E-state index contributed by atoms with van der Waals surface area (Å²) in [4.78, 5) is 1.34. The van der Waals surface area contributed by atoms with Crippen molar-refractivity contribution in [3.05, 3.63) is 23.3 Å². The van der Waals surface area contributed by atoms with Crippen LogP contribution in [0.4, 0.5) is 0 Å². The van der Waals surface area contributed by atoms with E-state index in [-0.39, 0.29) is 10.8 Å². The van der Waals surface area contributed by atoms with E-state index < -0.39 is 8.07 Å². The minimum Gasteiger partial charge on any atom is -0.507 e. The maximum Gasteiger partial charge on any atom is 0.123 e. The molecule has 30 heavy (non-hydrogen) atoms. The number of benzene rings is 1. The molecular weight excluding hydrogens is 400 g/mol. The van der Waals surface area contributed by atoms with Gasteiger partial charge >= 0.3 is 0 Å². The average molecular weight is 451 g/mol. The van der Waals surface area contributed by atoms with E-state index in [1.165, 1.54) is 28.4 Å². The second kappa shape index (κ2) is 10.5. The molecule has 3 heteroatoms. The molecule has 0 bridgehead atoms. The van der Waals surface area contributed by atoms with Crippen LogP contribution in [0, 0.1) is 17.8 Å². The molecule has 1 aromatic carbocycles. The summed E-state index contributed by atoms with van der Waals surface area (Å²) in [6.07, 6.45) is 0. The predicted octanol–water partition coefficient (Wildman–Crippen LogP) is 9.04. The van der Waals surface area contributed by atoms with Crippen LogP contribution in [-0.4, -0.2) is 18.6 Å². The van der Waals surface area contributed by atoms with Gasteiger partial charge in [-0.1, -0.05) is 101 Å². The Kier molecular flexibility index (Phi) is 9.64. The molecule has 0 spiro atoms. The van der Waals surface area contributed by atoms with Gasteiger partial charge in [-0.05, 0) is 46.1 Å². The van der Waals surface area contributed by atoms with Gasteiger partial charge in [0.25, 0.3) is 0 Å². The van der Waals surface area contributed by atoms with Crippen molar-refractivity contribution in [1.29, 1.82) is 0 Å². The molecule has 1 rings (SSSR count). The molecule has 0 aromatic heterocycles. The lowest BCUT2D eigenvalue weighted by molar-refractivity contribution is 0.422. The van der Waals surface area contributed by atoms with E-state index in [9.17, 15) is 5.11 Å². The van der Waals surface area contributed by atoms with Crippen LogP contribution in [0.15, 0.2) is 17.0 Å². The molecule has 0 aliphatic heterocycles. The Balaban J connectivity index is 3.39. The van der Waals surface area contributed by atoms with Gasteiger partial charge in [0, 0.05) is 16.0 Å². The van der Waals surface area contributed by atoms with Crippen LogP contribution in [0.25, 0.3) is 0 Å². The summed E-state index contributed by atoms with van der Waals surface area (Å²) in [5, 5.41) is 12.4. The molecule has 1 nitrogen and oxygen atoms in total. The number of hydrogen-bond acceptors (Lipinski definition) is 2. The van der Waals surface area contributed by atoms with E-state index >= 15 is 0 Å². The Morgan fingerprint density at radius 1 is 0.733 bits per heavy atom. The van der Waals surface area contributed by atoms with Gasteiger partial charge in [-0.25, -0.2) is 0 Å². The van der Waals surface area contributed by atoms with E-state index in [1.54, 1.807) is 0 Å². The molecule has 0 aliphatic rings.